The molecule has 0 saturated carbocycles. The summed E-state index contributed by atoms with van der Waals surface area (Å²) in [5.41, 5.74) is 1.35. The molecule has 1 aliphatic heterocycles. The van der Waals surface area contributed by atoms with Crippen molar-refractivity contribution in [1.82, 2.24) is 0 Å². The zero-order chi connectivity index (χ0) is 19.4. The molecular weight excluding hydrogens is 351 g/mol. The van der Waals surface area contributed by atoms with Crippen LogP contribution in [-0.4, -0.2) is 30.9 Å². The van der Waals surface area contributed by atoms with Gasteiger partial charge in [-0.3, -0.25) is 9.59 Å². The first-order chi connectivity index (χ1) is 13.0. The predicted molar refractivity (Wildman–Crippen MR) is 97.9 cm³/mol. The van der Waals surface area contributed by atoms with E-state index in [0.717, 1.165) is 0 Å². The van der Waals surface area contributed by atoms with Gasteiger partial charge in [-0.25, -0.2) is 9.18 Å². The number of carbonyl (C=O) groups excluding carboxylic acids is 3. The maximum absolute atomic E-state index is 13.1. The number of nitrogens with one attached hydrogen (secondary N) is 1. The Morgan fingerprint density at radius 1 is 1.22 bits per heavy atom. The van der Waals surface area contributed by atoms with Gasteiger partial charge in [-0.05, 0) is 49.4 Å². The lowest BCUT2D eigenvalue weighted by atomic mass is 10.1. The van der Waals surface area contributed by atoms with Gasteiger partial charge in [-0.2, -0.15) is 0 Å². The molecule has 6 nitrogen and oxygen atoms in total. The highest BCUT2D eigenvalue weighted by Crippen LogP contribution is 2.26. The van der Waals surface area contributed by atoms with Crippen LogP contribution in [0.5, 0.6) is 0 Å². The number of amides is 2. The zero-order valence-electron chi connectivity index (χ0n) is 14.8. The normalized spacial score (nSPS) is 16.3. The second-order valence-corrected chi connectivity index (χ2v) is 6.17. The van der Waals surface area contributed by atoms with Crippen molar-refractivity contribution in [2.24, 2.45) is 5.92 Å². The summed E-state index contributed by atoms with van der Waals surface area (Å²) in [5.74, 6) is -1.89. The highest BCUT2D eigenvalue weighted by molar-refractivity contribution is 6.03. The summed E-state index contributed by atoms with van der Waals surface area (Å²) in [7, 11) is 0. The van der Waals surface area contributed by atoms with Gasteiger partial charge in [0.15, 0.2) is 0 Å². The third-order valence-corrected chi connectivity index (χ3v) is 4.28. The number of rotatable bonds is 5. The first-order valence-electron chi connectivity index (χ1n) is 8.62. The zero-order valence-corrected chi connectivity index (χ0v) is 14.8. The third kappa shape index (κ3) is 4.31. The van der Waals surface area contributed by atoms with Crippen LogP contribution in [0.25, 0.3) is 0 Å². The van der Waals surface area contributed by atoms with Crippen LogP contribution < -0.4 is 10.2 Å². The maximum atomic E-state index is 13.1. The van der Waals surface area contributed by atoms with Crippen molar-refractivity contribution in [3.05, 3.63) is 59.9 Å². The molecule has 2 aromatic carbocycles. The lowest BCUT2D eigenvalue weighted by Gasteiger charge is -2.16. The van der Waals surface area contributed by atoms with Gasteiger partial charge in [0.05, 0.1) is 18.1 Å². The van der Waals surface area contributed by atoms with Gasteiger partial charge in [0.25, 0.3) is 0 Å². The Morgan fingerprint density at radius 3 is 2.67 bits per heavy atom. The Labute approximate surface area is 155 Å². The maximum Gasteiger partial charge on any atom is 0.338 e. The molecule has 1 fully saturated rings. The highest BCUT2D eigenvalue weighted by atomic mass is 19.1. The molecule has 1 N–H and O–H groups in total. The monoisotopic (exact) mass is 370 g/mol. The van der Waals surface area contributed by atoms with Crippen molar-refractivity contribution in [2.45, 2.75) is 13.3 Å². The van der Waals surface area contributed by atoms with E-state index < -0.39 is 11.9 Å². The van der Waals surface area contributed by atoms with Crippen LogP contribution in [0.1, 0.15) is 23.7 Å². The van der Waals surface area contributed by atoms with E-state index in [1.54, 1.807) is 25.1 Å². The van der Waals surface area contributed by atoms with E-state index in [0.29, 0.717) is 16.9 Å². The standard InChI is InChI=1S/C20H19FN2O4/c1-2-27-20(26)13-4-3-5-16(10-13)22-19(25)14-11-18(24)23(12-14)17-8-6-15(21)7-9-17/h3-10,14H,2,11-12H2,1H3,(H,22,25). The highest BCUT2D eigenvalue weighted by Gasteiger charge is 2.35. The average molecular weight is 370 g/mol. The smallest absolute Gasteiger partial charge is 0.338 e. The van der Waals surface area contributed by atoms with Gasteiger partial charge < -0.3 is 15.0 Å². The van der Waals surface area contributed by atoms with Gasteiger partial charge in [0.2, 0.25) is 11.8 Å². The summed E-state index contributed by atoms with van der Waals surface area (Å²) in [4.78, 5) is 38.0. The topological polar surface area (TPSA) is 75.7 Å². The SMILES string of the molecule is CCOC(=O)c1cccc(NC(=O)C2CC(=O)N(c3ccc(F)cc3)C2)c1. The Bertz CT molecular complexity index is 867. The summed E-state index contributed by atoms with van der Waals surface area (Å²) in [6.45, 7) is 2.19. The average Bonchev–Trinajstić information content (AvgIpc) is 3.05. The van der Waals surface area contributed by atoms with E-state index in [2.05, 4.69) is 5.32 Å². The number of carbonyl (C=O) groups is 3. The number of esters is 1. The van der Waals surface area contributed by atoms with Crippen LogP contribution in [0, 0.1) is 11.7 Å². The number of benzene rings is 2. The van der Waals surface area contributed by atoms with Crippen LogP contribution in [0.15, 0.2) is 48.5 Å². The first-order valence-corrected chi connectivity index (χ1v) is 8.62. The van der Waals surface area contributed by atoms with Crippen molar-refractivity contribution in [3.8, 4) is 0 Å². The van der Waals surface area contributed by atoms with E-state index in [1.807, 2.05) is 0 Å². The summed E-state index contributed by atoms with van der Waals surface area (Å²) in [6.07, 6.45) is 0.0702. The number of hydrogen-bond donors (Lipinski definition) is 1. The van der Waals surface area contributed by atoms with Crippen molar-refractivity contribution in [2.75, 3.05) is 23.4 Å². The molecule has 1 aliphatic rings. The Kier molecular flexibility index (Phi) is 5.49. The summed E-state index contributed by atoms with van der Waals surface area (Å²) < 4.78 is 18.0. The van der Waals surface area contributed by atoms with Crippen LogP contribution in [0.3, 0.4) is 0 Å². The summed E-state index contributed by atoms with van der Waals surface area (Å²) >= 11 is 0. The quantitative estimate of drug-likeness (QED) is 0.821. The minimum absolute atomic E-state index is 0.0702. The lowest BCUT2D eigenvalue weighted by Crippen LogP contribution is -2.28. The number of halogens is 1. The Morgan fingerprint density at radius 2 is 1.96 bits per heavy atom. The molecule has 3 rings (SSSR count). The van der Waals surface area contributed by atoms with Gasteiger partial charge in [0, 0.05) is 24.3 Å². The van der Waals surface area contributed by atoms with Crippen LogP contribution >= 0.6 is 0 Å². The van der Waals surface area contributed by atoms with Crippen LogP contribution in [0.4, 0.5) is 15.8 Å². The number of nitrogens with zero attached hydrogens (tertiary/aromatic N) is 1. The molecule has 1 saturated heterocycles. The number of ether oxygens (including phenoxy) is 1. The Hall–Kier alpha value is -3.22. The van der Waals surface area contributed by atoms with E-state index in [-0.39, 0.29) is 37.2 Å². The molecule has 1 atom stereocenters. The van der Waals surface area contributed by atoms with Crippen molar-refractivity contribution in [3.63, 3.8) is 0 Å². The molecular formula is C20H19FN2O4. The first kappa shape index (κ1) is 18.6. The van der Waals surface area contributed by atoms with Gasteiger partial charge in [0.1, 0.15) is 5.82 Å². The largest absolute Gasteiger partial charge is 0.462 e. The van der Waals surface area contributed by atoms with Crippen LogP contribution in [-0.2, 0) is 14.3 Å². The fourth-order valence-corrected chi connectivity index (χ4v) is 2.94. The molecule has 140 valence electrons. The molecule has 0 aliphatic carbocycles. The van der Waals surface area contributed by atoms with Crippen molar-refractivity contribution in [1.29, 1.82) is 0 Å². The summed E-state index contributed by atoms with van der Waals surface area (Å²) in [5, 5.41) is 2.74. The number of hydrogen-bond acceptors (Lipinski definition) is 4. The van der Waals surface area contributed by atoms with Crippen molar-refractivity contribution >= 4 is 29.2 Å². The molecule has 7 heteroatoms. The van der Waals surface area contributed by atoms with Crippen LogP contribution in [0.2, 0.25) is 0 Å². The van der Waals surface area contributed by atoms with Crippen molar-refractivity contribution < 1.29 is 23.5 Å². The lowest BCUT2D eigenvalue weighted by molar-refractivity contribution is -0.122. The molecule has 1 heterocycles. The van der Waals surface area contributed by atoms with Gasteiger partial charge in [-0.15, -0.1) is 0 Å². The van der Waals surface area contributed by atoms with Gasteiger partial charge in [-0.1, -0.05) is 6.07 Å². The molecule has 0 bridgehead atoms. The van der Waals surface area contributed by atoms with E-state index in [4.69, 9.17) is 4.74 Å². The Balaban J connectivity index is 1.67. The molecule has 27 heavy (non-hydrogen) atoms. The minimum atomic E-state index is -0.534. The van der Waals surface area contributed by atoms with Gasteiger partial charge >= 0.3 is 5.97 Å². The molecule has 0 aromatic heterocycles. The van der Waals surface area contributed by atoms with E-state index in [9.17, 15) is 18.8 Å². The predicted octanol–water partition coefficient (Wildman–Crippen LogP) is 2.99. The molecule has 0 radical (unpaired) electrons. The molecule has 2 aromatic rings. The second kappa shape index (κ2) is 7.99. The molecule has 1 unspecified atom stereocenters. The van der Waals surface area contributed by atoms with E-state index in [1.165, 1.54) is 35.2 Å². The second-order valence-electron chi connectivity index (χ2n) is 6.17. The molecule has 2 amide bonds. The fraction of sp³-hybridized carbons (Fsp3) is 0.250. The minimum Gasteiger partial charge on any atom is -0.462 e. The third-order valence-electron chi connectivity index (χ3n) is 4.28. The van der Waals surface area contributed by atoms with E-state index >= 15 is 0 Å². The summed E-state index contributed by atoms with van der Waals surface area (Å²) in [6, 6.07) is 12.0. The number of anilines is 2. The molecule has 0 spiro atoms. The fourth-order valence-electron chi connectivity index (χ4n) is 2.94.